The van der Waals surface area contributed by atoms with Crippen LogP contribution in [0.3, 0.4) is 0 Å². The summed E-state index contributed by atoms with van der Waals surface area (Å²) < 4.78 is 45.1. The molecule has 0 amide bonds. The molecule has 0 radical (unpaired) electrons. The Morgan fingerprint density at radius 1 is 1.25 bits per heavy atom. The molecule has 3 nitrogen and oxygen atoms in total. The van der Waals surface area contributed by atoms with Crippen molar-refractivity contribution in [2.45, 2.75) is 57.1 Å². The normalized spacial score (nSPS) is 28.6. The summed E-state index contributed by atoms with van der Waals surface area (Å²) >= 11 is 0. The predicted molar refractivity (Wildman–Crippen MR) is 67.0 cm³/mol. The number of rotatable bonds is 1. The second-order valence-electron chi connectivity index (χ2n) is 6.33. The first-order valence-electron chi connectivity index (χ1n) is 6.33. The lowest BCUT2D eigenvalue weighted by Gasteiger charge is -2.36. The number of aliphatic hydroxyl groups is 1. The lowest BCUT2D eigenvalue weighted by atomic mass is 9.76. The first-order chi connectivity index (χ1) is 8.89. The zero-order valence-electron chi connectivity index (χ0n) is 11.9. The van der Waals surface area contributed by atoms with Crippen molar-refractivity contribution < 1.29 is 23.0 Å². The third-order valence-electron chi connectivity index (χ3n) is 3.78. The molecule has 0 aliphatic carbocycles. The molecular formula is C14H18F3NO2. The third-order valence-corrected chi connectivity index (χ3v) is 3.78. The van der Waals surface area contributed by atoms with E-state index in [9.17, 15) is 18.3 Å². The standard InChI is InChI=1S/C14H18F3NO2/c1-11(2)8-13(19,12(3,4)20-11)10-7-18-6-5-9(10)14(15,16)17/h5-7,19H,8H2,1-4H3. The van der Waals surface area contributed by atoms with Crippen molar-refractivity contribution >= 4 is 0 Å². The van der Waals surface area contributed by atoms with Crippen LogP contribution in [0.4, 0.5) is 13.2 Å². The van der Waals surface area contributed by atoms with Crippen molar-refractivity contribution in [1.29, 1.82) is 0 Å². The number of alkyl halides is 3. The van der Waals surface area contributed by atoms with Crippen LogP contribution in [-0.4, -0.2) is 21.3 Å². The van der Waals surface area contributed by atoms with Crippen molar-refractivity contribution in [2.24, 2.45) is 0 Å². The predicted octanol–water partition coefficient (Wildman–Crippen LogP) is 3.27. The average Bonchev–Trinajstić information content (AvgIpc) is 2.42. The maximum Gasteiger partial charge on any atom is 0.416 e. The SMILES string of the molecule is CC1(C)CC(O)(c2cnccc2C(F)(F)F)C(C)(C)O1. The van der Waals surface area contributed by atoms with E-state index in [0.29, 0.717) is 0 Å². The molecule has 1 fully saturated rings. The highest BCUT2D eigenvalue weighted by atomic mass is 19.4. The lowest BCUT2D eigenvalue weighted by molar-refractivity contribution is -0.150. The van der Waals surface area contributed by atoms with Crippen molar-refractivity contribution in [3.63, 3.8) is 0 Å². The van der Waals surface area contributed by atoms with E-state index in [4.69, 9.17) is 4.74 Å². The maximum atomic E-state index is 13.1. The van der Waals surface area contributed by atoms with Crippen LogP contribution in [0.15, 0.2) is 18.5 Å². The molecule has 1 unspecified atom stereocenters. The summed E-state index contributed by atoms with van der Waals surface area (Å²) in [6.07, 6.45) is -2.32. The van der Waals surface area contributed by atoms with Gasteiger partial charge in [-0.3, -0.25) is 4.98 Å². The summed E-state index contributed by atoms with van der Waals surface area (Å²) in [4.78, 5) is 3.75. The van der Waals surface area contributed by atoms with Crippen molar-refractivity contribution in [2.75, 3.05) is 0 Å². The van der Waals surface area contributed by atoms with E-state index in [1.165, 1.54) is 0 Å². The van der Waals surface area contributed by atoms with E-state index >= 15 is 0 Å². The number of hydrogen-bond acceptors (Lipinski definition) is 3. The molecule has 0 aromatic carbocycles. The number of aromatic nitrogens is 1. The molecule has 6 heteroatoms. The van der Waals surface area contributed by atoms with Crippen LogP contribution >= 0.6 is 0 Å². The first-order valence-corrected chi connectivity index (χ1v) is 6.33. The average molecular weight is 289 g/mol. The molecule has 1 aliphatic heterocycles. The van der Waals surface area contributed by atoms with Crippen LogP contribution in [-0.2, 0) is 16.5 Å². The van der Waals surface area contributed by atoms with Crippen molar-refractivity contribution in [1.82, 2.24) is 4.98 Å². The minimum atomic E-state index is -4.54. The molecule has 1 N–H and O–H groups in total. The van der Waals surface area contributed by atoms with Crippen LogP contribution in [0.5, 0.6) is 0 Å². The van der Waals surface area contributed by atoms with Crippen molar-refractivity contribution in [3.8, 4) is 0 Å². The Bertz CT molecular complexity index is 525. The number of nitrogens with zero attached hydrogens (tertiary/aromatic N) is 1. The molecule has 1 saturated heterocycles. The van der Waals surface area contributed by atoms with Gasteiger partial charge in [0.2, 0.25) is 0 Å². The zero-order valence-corrected chi connectivity index (χ0v) is 11.9. The molecule has 112 valence electrons. The van der Waals surface area contributed by atoms with Gasteiger partial charge in [0, 0.05) is 24.4 Å². The van der Waals surface area contributed by atoms with Gasteiger partial charge < -0.3 is 9.84 Å². The van der Waals surface area contributed by atoms with E-state index < -0.39 is 28.5 Å². The minimum Gasteiger partial charge on any atom is -0.382 e. The van der Waals surface area contributed by atoms with Gasteiger partial charge in [0.05, 0.1) is 16.8 Å². The minimum absolute atomic E-state index is 0.0712. The van der Waals surface area contributed by atoms with Gasteiger partial charge in [0.25, 0.3) is 0 Å². The van der Waals surface area contributed by atoms with Crippen LogP contribution in [0.1, 0.15) is 45.2 Å². The summed E-state index contributed by atoms with van der Waals surface area (Å²) in [6, 6.07) is 0.884. The highest BCUT2D eigenvalue weighted by molar-refractivity contribution is 5.36. The van der Waals surface area contributed by atoms with Gasteiger partial charge in [-0.05, 0) is 33.8 Å². The highest BCUT2D eigenvalue weighted by Gasteiger charge is 2.59. The molecule has 0 spiro atoms. The largest absolute Gasteiger partial charge is 0.416 e. The van der Waals surface area contributed by atoms with E-state index in [1.807, 2.05) is 0 Å². The Hall–Kier alpha value is -1.14. The summed E-state index contributed by atoms with van der Waals surface area (Å²) in [5, 5.41) is 10.9. The topological polar surface area (TPSA) is 42.4 Å². The quantitative estimate of drug-likeness (QED) is 0.863. The Labute approximate surface area is 115 Å². The fourth-order valence-corrected chi connectivity index (χ4v) is 3.03. The molecule has 2 heterocycles. The van der Waals surface area contributed by atoms with Crippen LogP contribution in [0.2, 0.25) is 0 Å². The smallest absolute Gasteiger partial charge is 0.382 e. The van der Waals surface area contributed by atoms with Gasteiger partial charge in [-0.25, -0.2) is 0 Å². The fourth-order valence-electron chi connectivity index (χ4n) is 3.03. The molecule has 20 heavy (non-hydrogen) atoms. The van der Waals surface area contributed by atoms with Gasteiger partial charge in [-0.1, -0.05) is 0 Å². The van der Waals surface area contributed by atoms with Crippen LogP contribution in [0.25, 0.3) is 0 Å². The molecule has 1 aliphatic rings. The molecule has 0 bridgehead atoms. The summed E-state index contributed by atoms with van der Waals surface area (Å²) in [5.74, 6) is 0. The molecule has 2 rings (SSSR count). The van der Waals surface area contributed by atoms with E-state index in [1.54, 1.807) is 27.7 Å². The second kappa shape index (κ2) is 4.18. The van der Waals surface area contributed by atoms with Gasteiger partial charge in [-0.15, -0.1) is 0 Å². The Morgan fingerprint density at radius 3 is 2.30 bits per heavy atom. The van der Waals surface area contributed by atoms with Gasteiger partial charge in [-0.2, -0.15) is 13.2 Å². The summed E-state index contributed by atoms with van der Waals surface area (Å²) in [5.41, 5.74) is -4.70. The maximum absolute atomic E-state index is 13.1. The third kappa shape index (κ3) is 2.31. The second-order valence-corrected chi connectivity index (χ2v) is 6.33. The first kappa shape index (κ1) is 15.3. The number of pyridine rings is 1. The molecular weight excluding hydrogens is 271 g/mol. The fraction of sp³-hybridized carbons (Fsp3) is 0.643. The number of ether oxygens (including phenoxy) is 1. The Balaban J connectivity index is 2.62. The molecule has 1 aromatic heterocycles. The van der Waals surface area contributed by atoms with E-state index in [0.717, 1.165) is 18.5 Å². The van der Waals surface area contributed by atoms with Crippen LogP contribution < -0.4 is 0 Å². The summed E-state index contributed by atoms with van der Waals surface area (Å²) in [6.45, 7) is 6.68. The molecule has 1 atom stereocenters. The van der Waals surface area contributed by atoms with Crippen LogP contribution in [0, 0.1) is 0 Å². The monoisotopic (exact) mass is 289 g/mol. The highest BCUT2D eigenvalue weighted by Crippen LogP contribution is 2.52. The van der Waals surface area contributed by atoms with Crippen molar-refractivity contribution in [3.05, 3.63) is 29.6 Å². The Morgan fingerprint density at radius 2 is 1.85 bits per heavy atom. The Kier molecular flexibility index (Phi) is 3.19. The van der Waals surface area contributed by atoms with E-state index in [2.05, 4.69) is 4.98 Å². The number of hydrogen-bond donors (Lipinski definition) is 1. The number of halogens is 3. The van der Waals surface area contributed by atoms with E-state index in [-0.39, 0.29) is 12.0 Å². The van der Waals surface area contributed by atoms with Gasteiger partial charge in [0.15, 0.2) is 0 Å². The van der Waals surface area contributed by atoms with Gasteiger partial charge in [0.1, 0.15) is 5.60 Å². The molecule has 0 saturated carbocycles. The lowest BCUT2D eigenvalue weighted by Crippen LogP contribution is -2.44. The summed E-state index contributed by atoms with van der Waals surface area (Å²) in [7, 11) is 0. The zero-order chi connectivity index (χ0) is 15.4. The van der Waals surface area contributed by atoms with Gasteiger partial charge >= 0.3 is 6.18 Å². The molecule has 1 aromatic rings.